The average molecular weight is 362 g/mol. The molecular formula is C19H30N4O3. The third kappa shape index (κ3) is 5.42. The Morgan fingerprint density at radius 3 is 2.38 bits per heavy atom. The number of anilines is 2. The van der Waals surface area contributed by atoms with Crippen LogP contribution in [0, 0.1) is 5.41 Å². The number of carbonyl (C=O) groups is 2. The highest BCUT2D eigenvalue weighted by Gasteiger charge is 2.44. The van der Waals surface area contributed by atoms with Gasteiger partial charge in [0.2, 0.25) is 5.91 Å². The maximum Gasteiger partial charge on any atom is 0.293 e. The summed E-state index contributed by atoms with van der Waals surface area (Å²) in [5, 5.41) is 0. The van der Waals surface area contributed by atoms with Gasteiger partial charge in [0.25, 0.3) is 6.47 Å². The number of nitrogens with two attached hydrogens (primary N) is 1. The van der Waals surface area contributed by atoms with E-state index in [0.717, 1.165) is 38.2 Å². The Hall–Kier alpha value is -2.15. The first-order valence-electron chi connectivity index (χ1n) is 8.96. The predicted molar refractivity (Wildman–Crippen MR) is 102 cm³/mol. The molecule has 1 aromatic heterocycles. The first-order valence-corrected chi connectivity index (χ1v) is 8.96. The van der Waals surface area contributed by atoms with E-state index >= 15 is 0 Å². The molecule has 144 valence electrons. The molecule has 2 aliphatic rings. The largest absolute Gasteiger partial charge is 0.462 e. The lowest BCUT2D eigenvalue weighted by atomic mass is 9.78. The molecule has 26 heavy (non-hydrogen) atoms. The van der Waals surface area contributed by atoms with Gasteiger partial charge in [-0.05, 0) is 71.3 Å². The van der Waals surface area contributed by atoms with Gasteiger partial charge in [-0.3, -0.25) is 9.59 Å². The highest BCUT2D eigenvalue weighted by atomic mass is 16.5. The molecule has 0 unspecified atom stereocenters. The van der Waals surface area contributed by atoms with E-state index in [0.29, 0.717) is 18.7 Å². The topological polar surface area (TPSA) is 88.8 Å². The molecule has 3 heterocycles. The summed E-state index contributed by atoms with van der Waals surface area (Å²) in [4.78, 5) is 30.2. The van der Waals surface area contributed by atoms with Crippen LogP contribution in [0.3, 0.4) is 0 Å². The van der Waals surface area contributed by atoms with Crippen molar-refractivity contribution in [1.82, 2.24) is 9.88 Å². The van der Waals surface area contributed by atoms with Crippen molar-refractivity contribution in [2.75, 3.05) is 37.3 Å². The van der Waals surface area contributed by atoms with E-state index in [4.69, 9.17) is 5.73 Å². The molecule has 2 aliphatic heterocycles. The minimum atomic E-state index is -0.318. The molecule has 1 spiro atoms. The van der Waals surface area contributed by atoms with E-state index in [2.05, 4.69) is 21.7 Å². The van der Waals surface area contributed by atoms with Crippen LogP contribution in [-0.2, 0) is 14.3 Å². The Morgan fingerprint density at radius 2 is 1.92 bits per heavy atom. The highest BCUT2D eigenvalue weighted by molar-refractivity contribution is 5.96. The van der Waals surface area contributed by atoms with E-state index in [9.17, 15) is 9.59 Å². The minimum absolute atomic E-state index is 0.172. The molecule has 2 saturated heterocycles. The summed E-state index contributed by atoms with van der Waals surface area (Å²) in [5.41, 5.74) is 6.32. The van der Waals surface area contributed by atoms with E-state index in [1.165, 1.54) is 0 Å². The molecule has 2 fully saturated rings. The normalized spacial score (nSPS) is 19.8. The second-order valence-corrected chi connectivity index (χ2v) is 8.23. The van der Waals surface area contributed by atoms with Crippen molar-refractivity contribution < 1.29 is 14.3 Å². The number of amides is 1. The zero-order chi connectivity index (χ0) is 19.4. The van der Waals surface area contributed by atoms with Crippen molar-refractivity contribution >= 4 is 23.9 Å². The third-order valence-electron chi connectivity index (χ3n) is 4.85. The maximum absolute atomic E-state index is 12.3. The maximum atomic E-state index is 12.3. The van der Waals surface area contributed by atoms with E-state index in [1.54, 1.807) is 12.3 Å². The van der Waals surface area contributed by atoms with Crippen LogP contribution in [0.1, 0.15) is 40.0 Å². The lowest BCUT2D eigenvalue weighted by molar-refractivity contribution is -0.138. The lowest BCUT2D eigenvalue weighted by Gasteiger charge is -2.37. The fourth-order valence-electron chi connectivity index (χ4n) is 3.26. The third-order valence-corrected chi connectivity index (χ3v) is 4.85. The van der Waals surface area contributed by atoms with Crippen molar-refractivity contribution in [3.05, 3.63) is 18.3 Å². The molecule has 0 atom stereocenters. The van der Waals surface area contributed by atoms with Crippen molar-refractivity contribution in [3.63, 3.8) is 0 Å². The molecule has 2 N–H and O–H groups in total. The summed E-state index contributed by atoms with van der Waals surface area (Å²) in [6, 6.07) is 3.64. The zero-order valence-electron chi connectivity index (χ0n) is 16.2. The Balaban J connectivity index is 0.000000298. The van der Waals surface area contributed by atoms with Crippen molar-refractivity contribution in [2.24, 2.45) is 5.41 Å². The van der Waals surface area contributed by atoms with Gasteiger partial charge < -0.3 is 20.3 Å². The van der Waals surface area contributed by atoms with Crippen LogP contribution in [0.5, 0.6) is 0 Å². The minimum Gasteiger partial charge on any atom is -0.462 e. The molecule has 7 nitrogen and oxygen atoms in total. The Bertz CT molecular complexity index is 617. The van der Waals surface area contributed by atoms with E-state index < -0.39 is 0 Å². The number of nitrogens with zero attached hydrogens (tertiary/aromatic N) is 3. The quantitative estimate of drug-likeness (QED) is 0.810. The number of rotatable bonds is 2. The summed E-state index contributed by atoms with van der Waals surface area (Å²) < 4.78 is 4.55. The average Bonchev–Trinajstić information content (AvgIpc) is 2.87. The molecule has 7 heteroatoms. The first-order chi connectivity index (χ1) is 12.1. The van der Waals surface area contributed by atoms with Crippen LogP contribution in [0.2, 0.25) is 0 Å². The molecule has 1 aromatic rings. The van der Waals surface area contributed by atoms with E-state index in [1.807, 2.05) is 31.7 Å². The number of nitrogen functional groups attached to an aromatic ring is 1. The number of likely N-dealkylation sites (tertiary alicyclic amines) is 1. The number of ether oxygens (including phenoxy) is 1. The Kier molecular flexibility index (Phi) is 6.23. The van der Waals surface area contributed by atoms with Gasteiger partial charge in [-0.2, -0.15) is 0 Å². The van der Waals surface area contributed by atoms with Crippen LogP contribution in [0.4, 0.5) is 11.5 Å². The SMILES string of the molecule is CC(C)(C)OC=O.CN1CCC2(CC1)CC(=O)N(c1ccc(N)nc1)C2. The van der Waals surface area contributed by atoms with Gasteiger partial charge in [-0.15, -0.1) is 0 Å². The van der Waals surface area contributed by atoms with Gasteiger partial charge in [0.05, 0.1) is 11.9 Å². The number of carbonyl (C=O) groups excluding carboxylic acids is 2. The molecule has 0 saturated carbocycles. The molecule has 0 aliphatic carbocycles. The van der Waals surface area contributed by atoms with Crippen LogP contribution >= 0.6 is 0 Å². The van der Waals surface area contributed by atoms with Gasteiger partial charge in [-0.25, -0.2) is 4.98 Å². The monoisotopic (exact) mass is 362 g/mol. The zero-order valence-corrected chi connectivity index (χ0v) is 16.2. The predicted octanol–water partition coefficient (Wildman–Crippen LogP) is 2.07. The highest BCUT2D eigenvalue weighted by Crippen LogP contribution is 2.42. The Morgan fingerprint density at radius 1 is 1.27 bits per heavy atom. The molecule has 1 amide bonds. The van der Waals surface area contributed by atoms with Gasteiger partial charge in [0.1, 0.15) is 11.4 Å². The summed E-state index contributed by atoms with van der Waals surface area (Å²) in [6.07, 6.45) is 4.58. The summed E-state index contributed by atoms with van der Waals surface area (Å²) in [7, 11) is 2.14. The standard InChI is InChI=1S/C14H20N4O.C5H10O2/c1-17-6-4-14(5-7-17)8-13(19)18(10-14)11-2-3-12(15)16-9-11;1-5(2,3)7-4-6/h2-3,9H,4-8,10H2,1H3,(H2,15,16);4H,1-3H3. The fourth-order valence-corrected chi connectivity index (χ4v) is 3.26. The van der Waals surface area contributed by atoms with Crippen LogP contribution < -0.4 is 10.6 Å². The molecule has 0 aromatic carbocycles. The van der Waals surface area contributed by atoms with Crippen molar-refractivity contribution in [2.45, 2.75) is 45.6 Å². The second kappa shape index (κ2) is 8.03. The van der Waals surface area contributed by atoms with Gasteiger partial charge in [0, 0.05) is 13.0 Å². The number of pyridine rings is 1. The Labute approximate surface area is 155 Å². The fraction of sp³-hybridized carbons (Fsp3) is 0.632. The number of hydrogen-bond donors (Lipinski definition) is 1. The number of aromatic nitrogens is 1. The summed E-state index contributed by atoms with van der Waals surface area (Å²) in [5.74, 6) is 0.709. The molecular weight excluding hydrogens is 332 g/mol. The molecule has 0 radical (unpaired) electrons. The van der Waals surface area contributed by atoms with Gasteiger partial charge in [0.15, 0.2) is 0 Å². The van der Waals surface area contributed by atoms with Crippen molar-refractivity contribution in [1.29, 1.82) is 0 Å². The van der Waals surface area contributed by atoms with Crippen LogP contribution in [-0.4, -0.2) is 54.5 Å². The van der Waals surface area contributed by atoms with E-state index in [-0.39, 0.29) is 16.9 Å². The summed E-state index contributed by atoms with van der Waals surface area (Å²) in [6.45, 7) is 8.91. The number of hydrogen-bond acceptors (Lipinski definition) is 6. The second-order valence-electron chi connectivity index (χ2n) is 8.23. The van der Waals surface area contributed by atoms with Gasteiger partial charge >= 0.3 is 0 Å². The summed E-state index contributed by atoms with van der Waals surface area (Å²) >= 11 is 0. The smallest absolute Gasteiger partial charge is 0.293 e. The van der Waals surface area contributed by atoms with Crippen molar-refractivity contribution in [3.8, 4) is 0 Å². The van der Waals surface area contributed by atoms with Gasteiger partial charge in [-0.1, -0.05) is 0 Å². The molecule has 0 bridgehead atoms. The van der Waals surface area contributed by atoms with Crippen LogP contribution in [0.15, 0.2) is 18.3 Å². The molecule has 3 rings (SSSR count). The number of piperidine rings is 1. The van der Waals surface area contributed by atoms with Crippen LogP contribution in [0.25, 0.3) is 0 Å². The first kappa shape index (κ1) is 20.2. The lowest BCUT2D eigenvalue weighted by Crippen LogP contribution is -2.39.